The SMILES string of the molecule is CC(CN)(CF)NC(=O)OCc1ccccc1. The van der Waals surface area contributed by atoms with E-state index in [2.05, 4.69) is 5.32 Å². The first-order valence-corrected chi connectivity index (χ1v) is 5.34. The summed E-state index contributed by atoms with van der Waals surface area (Å²) < 4.78 is 17.6. The quantitative estimate of drug-likeness (QED) is 0.821. The molecule has 0 aromatic heterocycles. The number of amides is 1. The molecule has 0 aliphatic carbocycles. The number of ether oxygens (including phenoxy) is 1. The molecule has 0 aliphatic heterocycles. The Labute approximate surface area is 100.0 Å². The van der Waals surface area contributed by atoms with Gasteiger partial charge in [0.05, 0.1) is 5.54 Å². The zero-order chi connectivity index (χ0) is 12.7. The van der Waals surface area contributed by atoms with Crippen LogP contribution >= 0.6 is 0 Å². The Hall–Kier alpha value is -1.62. The maximum absolute atomic E-state index is 12.6. The monoisotopic (exact) mass is 240 g/mol. The third-order valence-corrected chi connectivity index (χ3v) is 2.36. The molecular formula is C12H17FN2O2. The van der Waals surface area contributed by atoms with Gasteiger partial charge in [-0.05, 0) is 12.5 Å². The molecule has 1 rings (SSSR count). The predicted molar refractivity (Wildman–Crippen MR) is 63.2 cm³/mol. The summed E-state index contributed by atoms with van der Waals surface area (Å²) in [4.78, 5) is 11.4. The molecule has 94 valence electrons. The zero-order valence-electron chi connectivity index (χ0n) is 9.78. The second kappa shape index (κ2) is 6.20. The number of hydrogen-bond donors (Lipinski definition) is 2. The summed E-state index contributed by atoms with van der Waals surface area (Å²) in [6, 6.07) is 9.25. The first-order valence-electron chi connectivity index (χ1n) is 5.34. The fraction of sp³-hybridized carbons (Fsp3) is 0.417. The molecule has 0 saturated carbocycles. The first kappa shape index (κ1) is 13.4. The fourth-order valence-electron chi connectivity index (χ4n) is 1.14. The van der Waals surface area contributed by atoms with E-state index in [0.29, 0.717) is 0 Å². The van der Waals surface area contributed by atoms with E-state index < -0.39 is 18.3 Å². The lowest BCUT2D eigenvalue weighted by molar-refractivity contribution is 0.124. The molecule has 0 fully saturated rings. The van der Waals surface area contributed by atoms with Crippen molar-refractivity contribution in [2.45, 2.75) is 19.1 Å². The van der Waals surface area contributed by atoms with Crippen LogP contribution in [0.1, 0.15) is 12.5 Å². The molecule has 0 saturated heterocycles. The second-order valence-corrected chi connectivity index (χ2v) is 4.09. The Kier molecular flexibility index (Phi) is 4.90. The lowest BCUT2D eigenvalue weighted by Gasteiger charge is -2.25. The number of rotatable bonds is 5. The third kappa shape index (κ3) is 4.40. The van der Waals surface area contributed by atoms with Gasteiger partial charge in [-0.25, -0.2) is 9.18 Å². The Balaban J connectivity index is 2.40. The van der Waals surface area contributed by atoms with Crippen LogP contribution in [0.3, 0.4) is 0 Å². The minimum atomic E-state index is -1.06. The summed E-state index contributed by atoms with van der Waals surface area (Å²) >= 11 is 0. The van der Waals surface area contributed by atoms with Gasteiger partial charge in [-0.15, -0.1) is 0 Å². The Morgan fingerprint density at radius 1 is 1.47 bits per heavy atom. The van der Waals surface area contributed by atoms with E-state index in [0.717, 1.165) is 5.56 Å². The lowest BCUT2D eigenvalue weighted by atomic mass is 10.1. The highest BCUT2D eigenvalue weighted by molar-refractivity contribution is 5.68. The lowest BCUT2D eigenvalue weighted by Crippen LogP contribution is -2.53. The maximum Gasteiger partial charge on any atom is 0.408 e. The summed E-state index contributed by atoms with van der Waals surface area (Å²) in [5.74, 6) is 0. The molecular weight excluding hydrogens is 223 g/mol. The molecule has 5 heteroatoms. The van der Waals surface area contributed by atoms with Crippen LogP contribution in [-0.4, -0.2) is 24.9 Å². The molecule has 17 heavy (non-hydrogen) atoms. The highest BCUT2D eigenvalue weighted by Crippen LogP contribution is 2.04. The molecule has 4 nitrogen and oxygen atoms in total. The molecule has 3 N–H and O–H groups in total. The number of carbonyl (C=O) groups is 1. The van der Waals surface area contributed by atoms with Crippen LogP contribution in [0.2, 0.25) is 0 Å². The van der Waals surface area contributed by atoms with Crippen molar-refractivity contribution < 1.29 is 13.9 Å². The maximum atomic E-state index is 12.6. The van der Waals surface area contributed by atoms with Gasteiger partial charge in [-0.1, -0.05) is 30.3 Å². The minimum Gasteiger partial charge on any atom is -0.445 e. The van der Waals surface area contributed by atoms with Crippen molar-refractivity contribution in [1.29, 1.82) is 0 Å². The fourth-order valence-corrected chi connectivity index (χ4v) is 1.14. The van der Waals surface area contributed by atoms with Crippen LogP contribution in [0, 0.1) is 0 Å². The Bertz CT molecular complexity index is 353. The highest BCUT2D eigenvalue weighted by atomic mass is 19.1. The zero-order valence-corrected chi connectivity index (χ0v) is 9.78. The van der Waals surface area contributed by atoms with Gasteiger partial charge in [0.25, 0.3) is 0 Å². The number of nitrogens with one attached hydrogen (secondary N) is 1. The van der Waals surface area contributed by atoms with Crippen LogP contribution in [0.25, 0.3) is 0 Å². The largest absolute Gasteiger partial charge is 0.445 e. The second-order valence-electron chi connectivity index (χ2n) is 4.09. The number of alkyl halides is 1. The average molecular weight is 240 g/mol. The summed E-state index contributed by atoms with van der Waals surface area (Å²) in [5, 5.41) is 2.40. The topological polar surface area (TPSA) is 64.3 Å². The number of carbonyl (C=O) groups excluding carboxylic acids is 1. The first-order chi connectivity index (χ1) is 8.09. The molecule has 0 bridgehead atoms. The van der Waals surface area contributed by atoms with Crippen molar-refractivity contribution in [2.24, 2.45) is 5.73 Å². The predicted octanol–water partition coefficient (Wildman–Crippen LogP) is 1.60. The van der Waals surface area contributed by atoms with Gasteiger partial charge in [0.2, 0.25) is 0 Å². The molecule has 0 radical (unpaired) electrons. The summed E-state index contributed by atoms with van der Waals surface area (Å²) in [6.45, 7) is 0.963. The Morgan fingerprint density at radius 3 is 2.65 bits per heavy atom. The van der Waals surface area contributed by atoms with E-state index in [-0.39, 0.29) is 13.2 Å². The van der Waals surface area contributed by atoms with Crippen LogP contribution in [0.5, 0.6) is 0 Å². The highest BCUT2D eigenvalue weighted by Gasteiger charge is 2.25. The number of benzene rings is 1. The van der Waals surface area contributed by atoms with E-state index in [1.165, 1.54) is 6.92 Å². The molecule has 0 heterocycles. The number of hydrogen-bond acceptors (Lipinski definition) is 3. The number of nitrogens with two attached hydrogens (primary N) is 1. The number of alkyl carbamates (subject to hydrolysis) is 1. The van der Waals surface area contributed by atoms with Crippen molar-refractivity contribution in [3.8, 4) is 0 Å². The van der Waals surface area contributed by atoms with Crippen LogP contribution < -0.4 is 11.1 Å². The molecule has 1 unspecified atom stereocenters. The van der Waals surface area contributed by atoms with Crippen LogP contribution in [0.4, 0.5) is 9.18 Å². The molecule has 1 amide bonds. The smallest absolute Gasteiger partial charge is 0.408 e. The van der Waals surface area contributed by atoms with Gasteiger partial charge < -0.3 is 15.8 Å². The van der Waals surface area contributed by atoms with Crippen molar-refractivity contribution in [3.05, 3.63) is 35.9 Å². The van der Waals surface area contributed by atoms with Gasteiger partial charge in [-0.3, -0.25) is 0 Å². The van der Waals surface area contributed by atoms with Crippen LogP contribution in [-0.2, 0) is 11.3 Å². The molecule has 1 aromatic rings. The van der Waals surface area contributed by atoms with Crippen LogP contribution in [0.15, 0.2) is 30.3 Å². The average Bonchev–Trinajstić information content (AvgIpc) is 2.37. The minimum absolute atomic E-state index is 0.0178. The van der Waals surface area contributed by atoms with E-state index in [1.54, 1.807) is 0 Å². The van der Waals surface area contributed by atoms with Gasteiger partial charge in [-0.2, -0.15) is 0 Å². The molecule has 0 spiro atoms. The van der Waals surface area contributed by atoms with E-state index in [4.69, 9.17) is 10.5 Å². The van der Waals surface area contributed by atoms with Crippen molar-refractivity contribution >= 4 is 6.09 Å². The summed E-state index contributed by atoms with van der Waals surface area (Å²) in [5.41, 5.74) is 5.17. The molecule has 0 aliphatic rings. The summed E-state index contributed by atoms with van der Waals surface area (Å²) in [7, 11) is 0. The summed E-state index contributed by atoms with van der Waals surface area (Å²) in [6.07, 6.45) is -0.667. The number of halogens is 1. The van der Waals surface area contributed by atoms with Gasteiger partial charge in [0, 0.05) is 6.54 Å². The molecule has 1 aromatic carbocycles. The normalized spacial score (nSPS) is 13.8. The Morgan fingerprint density at radius 2 is 2.12 bits per heavy atom. The van der Waals surface area contributed by atoms with Crippen molar-refractivity contribution in [3.63, 3.8) is 0 Å². The van der Waals surface area contributed by atoms with Crippen molar-refractivity contribution in [1.82, 2.24) is 5.32 Å². The third-order valence-electron chi connectivity index (χ3n) is 2.36. The van der Waals surface area contributed by atoms with Gasteiger partial charge in [0.15, 0.2) is 0 Å². The van der Waals surface area contributed by atoms with E-state index in [9.17, 15) is 9.18 Å². The standard InChI is InChI=1S/C12H17FN2O2/c1-12(8-13,9-14)15-11(16)17-7-10-5-3-2-4-6-10/h2-6H,7-9,14H2,1H3,(H,15,16). The van der Waals surface area contributed by atoms with E-state index in [1.807, 2.05) is 30.3 Å². The van der Waals surface area contributed by atoms with Crippen molar-refractivity contribution in [2.75, 3.05) is 13.2 Å². The van der Waals surface area contributed by atoms with Gasteiger partial charge in [0.1, 0.15) is 13.3 Å². The molecule has 1 atom stereocenters. The van der Waals surface area contributed by atoms with E-state index >= 15 is 0 Å². The van der Waals surface area contributed by atoms with Gasteiger partial charge >= 0.3 is 6.09 Å².